The Morgan fingerprint density at radius 1 is 1.42 bits per heavy atom. The molecular formula is C18H29N3O3. The van der Waals surface area contributed by atoms with Crippen LogP contribution in [-0.4, -0.2) is 50.1 Å². The zero-order valence-corrected chi connectivity index (χ0v) is 14.5. The molecule has 1 aliphatic heterocycles. The normalized spacial score (nSPS) is 17.9. The summed E-state index contributed by atoms with van der Waals surface area (Å²) >= 11 is 0. The predicted octanol–water partition coefficient (Wildman–Crippen LogP) is 2.03. The number of ether oxygens (including phenoxy) is 2. The molecule has 1 aliphatic rings. The molecule has 1 heterocycles. The molecule has 0 aromatic heterocycles. The lowest BCUT2D eigenvalue weighted by atomic mass is 10.2. The van der Waals surface area contributed by atoms with E-state index in [1.165, 1.54) is 0 Å². The smallest absolute Gasteiger partial charge is 0.191 e. The first kappa shape index (κ1) is 18.5. The molecule has 6 heteroatoms. The van der Waals surface area contributed by atoms with Crippen LogP contribution in [0, 0.1) is 0 Å². The van der Waals surface area contributed by atoms with Gasteiger partial charge in [-0.2, -0.15) is 0 Å². The number of hydrogen-bond acceptors (Lipinski definition) is 4. The van der Waals surface area contributed by atoms with Crippen molar-refractivity contribution in [3.8, 4) is 5.75 Å². The summed E-state index contributed by atoms with van der Waals surface area (Å²) in [6.45, 7) is 6.47. The van der Waals surface area contributed by atoms with E-state index in [4.69, 9.17) is 9.47 Å². The fourth-order valence-electron chi connectivity index (χ4n) is 2.54. The van der Waals surface area contributed by atoms with Gasteiger partial charge in [0.05, 0.1) is 19.3 Å². The highest BCUT2D eigenvalue weighted by molar-refractivity contribution is 5.79. The van der Waals surface area contributed by atoms with Gasteiger partial charge in [-0.3, -0.25) is 0 Å². The van der Waals surface area contributed by atoms with Gasteiger partial charge in [0.2, 0.25) is 0 Å². The van der Waals surface area contributed by atoms with Crippen LogP contribution in [0.25, 0.3) is 0 Å². The van der Waals surface area contributed by atoms with E-state index in [0.29, 0.717) is 19.3 Å². The van der Waals surface area contributed by atoms with Crippen LogP contribution in [0.15, 0.2) is 29.3 Å². The molecule has 1 unspecified atom stereocenters. The molecule has 6 nitrogen and oxygen atoms in total. The highest BCUT2D eigenvalue weighted by Crippen LogP contribution is 2.12. The lowest BCUT2D eigenvalue weighted by molar-refractivity contribution is 0.0168. The van der Waals surface area contributed by atoms with Gasteiger partial charge in [0.1, 0.15) is 5.75 Å². The maximum Gasteiger partial charge on any atom is 0.191 e. The maximum atomic E-state index is 9.48. The summed E-state index contributed by atoms with van der Waals surface area (Å²) in [4.78, 5) is 4.53. The van der Waals surface area contributed by atoms with Crippen molar-refractivity contribution in [2.24, 2.45) is 4.99 Å². The monoisotopic (exact) mass is 335 g/mol. The minimum atomic E-state index is 0.268. The fourth-order valence-corrected chi connectivity index (χ4v) is 2.54. The number of phenolic OH excluding ortho intramolecular Hbond substituents is 1. The van der Waals surface area contributed by atoms with Crippen LogP contribution in [0.5, 0.6) is 5.75 Å². The number of aliphatic imine (C=N–C) groups is 1. The Hall–Kier alpha value is -1.79. The first-order valence-electron chi connectivity index (χ1n) is 8.77. The van der Waals surface area contributed by atoms with E-state index in [9.17, 15) is 5.11 Å². The second-order valence-corrected chi connectivity index (χ2v) is 5.86. The Bertz CT molecular complexity index is 502. The van der Waals surface area contributed by atoms with Gasteiger partial charge in [-0.1, -0.05) is 12.1 Å². The quantitative estimate of drug-likeness (QED) is 0.366. The van der Waals surface area contributed by atoms with E-state index in [-0.39, 0.29) is 5.75 Å². The highest BCUT2D eigenvalue weighted by Gasteiger charge is 2.14. The van der Waals surface area contributed by atoms with Crippen molar-refractivity contribution in [2.45, 2.75) is 38.8 Å². The average Bonchev–Trinajstić information content (AvgIpc) is 3.09. The summed E-state index contributed by atoms with van der Waals surface area (Å²) in [6.07, 6.45) is 3.48. The highest BCUT2D eigenvalue weighted by atomic mass is 16.5. The molecular weight excluding hydrogens is 306 g/mol. The molecule has 24 heavy (non-hydrogen) atoms. The van der Waals surface area contributed by atoms with E-state index in [2.05, 4.69) is 15.6 Å². The van der Waals surface area contributed by atoms with E-state index >= 15 is 0 Å². The summed E-state index contributed by atoms with van der Waals surface area (Å²) in [5.41, 5.74) is 0.979. The first-order valence-corrected chi connectivity index (χ1v) is 8.77. The minimum absolute atomic E-state index is 0.268. The number of hydrogen-bond donors (Lipinski definition) is 3. The standard InChI is InChI=1S/C18H29N3O3/c1-2-19-18(21-13-15-6-3-7-16(22)12-15)20-9-5-10-23-14-17-8-4-11-24-17/h3,6-7,12,17,22H,2,4-5,8-11,13-14H2,1H3,(H2,19,20,21). The summed E-state index contributed by atoms with van der Waals surface area (Å²) in [5.74, 6) is 1.05. The Morgan fingerprint density at radius 3 is 3.08 bits per heavy atom. The molecule has 0 spiro atoms. The summed E-state index contributed by atoms with van der Waals surface area (Å²) < 4.78 is 11.2. The molecule has 134 valence electrons. The molecule has 2 rings (SSSR count). The van der Waals surface area contributed by atoms with Crippen LogP contribution in [0.4, 0.5) is 0 Å². The van der Waals surface area contributed by atoms with Gasteiger partial charge >= 0.3 is 0 Å². The SMILES string of the molecule is CCNC(=NCc1cccc(O)c1)NCCCOCC1CCCO1. The second kappa shape index (κ2) is 10.9. The van der Waals surface area contributed by atoms with Crippen LogP contribution < -0.4 is 10.6 Å². The fraction of sp³-hybridized carbons (Fsp3) is 0.611. The number of benzene rings is 1. The van der Waals surface area contributed by atoms with E-state index < -0.39 is 0 Å². The van der Waals surface area contributed by atoms with Crippen LogP contribution in [0.3, 0.4) is 0 Å². The van der Waals surface area contributed by atoms with Gasteiger partial charge in [-0.25, -0.2) is 4.99 Å². The third-order valence-electron chi connectivity index (χ3n) is 3.76. The molecule has 0 amide bonds. The largest absolute Gasteiger partial charge is 0.508 e. The molecule has 1 fully saturated rings. The first-order chi connectivity index (χ1) is 11.8. The van der Waals surface area contributed by atoms with Crippen molar-refractivity contribution in [1.82, 2.24) is 10.6 Å². The van der Waals surface area contributed by atoms with E-state index in [1.807, 2.05) is 19.1 Å². The number of aromatic hydroxyl groups is 1. The average molecular weight is 335 g/mol. The predicted molar refractivity (Wildman–Crippen MR) is 95.3 cm³/mol. The third kappa shape index (κ3) is 7.19. The molecule has 0 aliphatic carbocycles. The number of guanidine groups is 1. The number of phenols is 1. The summed E-state index contributed by atoms with van der Waals surface area (Å²) in [6, 6.07) is 7.16. The minimum Gasteiger partial charge on any atom is -0.508 e. The molecule has 1 saturated heterocycles. The van der Waals surface area contributed by atoms with Gasteiger partial charge in [0, 0.05) is 26.3 Å². The third-order valence-corrected chi connectivity index (χ3v) is 3.76. The van der Waals surface area contributed by atoms with Crippen molar-refractivity contribution in [1.29, 1.82) is 0 Å². The van der Waals surface area contributed by atoms with Crippen LogP contribution >= 0.6 is 0 Å². The van der Waals surface area contributed by atoms with E-state index in [1.54, 1.807) is 12.1 Å². The van der Waals surface area contributed by atoms with Crippen molar-refractivity contribution in [2.75, 3.05) is 32.9 Å². The van der Waals surface area contributed by atoms with Crippen molar-refractivity contribution < 1.29 is 14.6 Å². The summed E-state index contributed by atoms with van der Waals surface area (Å²) in [7, 11) is 0. The lowest BCUT2D eigenvalue weighted by Gasteiger charge is -2.12. The molecule has 3 N–H and O–H groups in total. The van der Waals surface area contributed by atoms with Crippen LogP contribution in [-0.2, 0) is 16.0 Å². The lowest BCUT2D eigenvalue weighted by Crippen LogP contribution is -2.38. The topological polar surface area (TPSA) is 75.1 Å². The van der Waals surface area contributed by atoms with E-state index in [0.717, 1.165) is 57.1 Å². The molecule has 1 aromatic rings. The Morgan fingerprint density at radius 2 is 2.33 bits per heavy atom. The molecule has 0 bridgehead atoms. The van der Waals surface area contributed by atoms with Gasteiger partial charge in [-0.15, -0.1) is 0 Å². The number of nitrogens with one attached hydrogen (secondary N) is 2. The van der Waals surface area contributed by atoms with Gasteiger partial charge in [0.25, 0.3) is 0 Å². The molecule has 1 atom stereocenters. The number of nitrogens with zero attached hydrogens (tertiary/aromatic N) is 1. The van der Waals surface area contributed by atoms with Gasteiger partial charge < -0.3 is 25.2 Å². The Balaban J connectivity index is 1.63. The second-order valence-electron chi connectivity index (χ2n) is 5.86. The van der Waals surface area contributed by atoms with Crippen LogP contribution in [0.1, 0.15) is 31.7 Å². The molecule has 0 saturated carbocycles. The van der Waals surface area contributed by atoms with Gasteiger partial charge in [0.15, 0.2) is 5.96 Å². The maximum absolute atomic E-state index is 9.48. The van der Waals surface area contributed by atoms with Crippen molar-refractivity contribution in [3.63, 3.8) is 0 Å². The summed E-state index contributed by atoms with van der Waals surface area (Å²) in [5, 5.41) is 16.0. The zero-order chi connectivity index (χ0) is 17.0. The Labute approximate surface area is 144 Å². The molecule has 0 radical (unpaired) electrons. The van der Waals surface area contributed by atoms with Crippen molar-refractivity contribution >= 4 is 5.96 Å². The van der Waals surface area contributed by atoms with Gasteiger partial charge in [-0.05, 0) is 43.9 Å². The number of rotatable bonds is 9. The zero-order valence-electron chi connectivity index (χ0n) is 14.5. The molecule has 1 aromatic carbocycles. The Kier molecular flexibility index (Phi) is 8.41. The van der Waals surface area contributed by atoms with Crippen LogP contribution in [0.2, 0.25) is 0 Å². The van der Waals surface area contributed by atoms with Crippen molar-refractivity contribution in [3.05, 3.63) is 29.8 Å².